The molecule has 2 rings (SSSR count). The normalized spacial score (nSPS) is 21.4. The van der Waals surface area contributed by atoms with Gasteiger partial charge in [-0.2, -0.15) is 0 Å². The molecule has 0 spiro atoms. The third-order valence-corrected chi connectivity index (χ3v) is 7.42. The number of rotatable bonds is 16. The summed E-state index contributed by atoms with van der Waals surface area (Å²) < 4.78 is 6.99. The summed E-state index contributed by atoms with van der Waals surface area (Å²) in [5.74, 6) is -0.435. The van der Waals surface area contributed by atoms with Gasteiger partial charge in [-0.15, -0.1) is 0 Å². The Kier molecular flexibility index (Phi) is 12.7. The van der Waals surface area contributed by atoms with Gasteiger partial charge in [-0.05, 0) is 18.9 Å². The molecule has 1 fully saturated rings. The maximum absolute atomic E-state index is 12.9. The molecule has 5 atom stereocenters. The van der Waals surface area contributed by atoms with Gasteiger partial charge in [0.2, 0.25) is 0 Å². The van der Waals surface area contributed by atoms with Crippen LogP contribution in [0.1, 0.15) is 95.8 Å². The predicted octanol–water partition coefficient (Wildman–Crippen LogP) is 4.82. The van der Waals surface area contributed by atoms with E-state index in [0.29, 0.717) is 12.0 Å². The molecule has 10 nitrogen and oxygen atoms in total. The average Bonchev–Trinajstić information content (AvgIpc) is 3.25. The van der Waals surface area contributed by atoms with Crippen molar-refractivity contribution in [1.29, 1.82) is 0 Å². The van der Waals surface area contributed by atoms with Crippen molar-refractivity contribution in [2.75, 3.05) is 0 Å². The molecule has 35 heavy (non-hydrogen) atoms. The van der Waals surface area contributed by atoms with Gasteiger partial charge in [0.25, 0.3) is 5.56 Å². The lowest BCUT2D eigenvalue weighted by Gasteiger charge is -2.23. The van der Waals surface area contributed by atoms with Crippen LogP contribution in [0.25, 0.3) is 10.4 Å². The van der Waals surface area contributed by atoms with Crippen molar-refractivity contribution in [2.45, 2.75) is 120 Å². The molecule has 2 N–H and O–H groups in total. The SMILES string of the molecule is CCCCCCCCCCCCC(Br)C(=O)C(O)[C@H]1O[C@@H](n2cc(C)c(=O)[nH]c2=O)C[C@@H]1N=[N+]=[N-]. The number of nitrogens with one attached hydrogen (secondary N) is 1. The number of aliphatic hydroxyl groups is 1. The molecular formula is C24H38BrN5O5. The molecule has 0 bridgehead atoms. The Hall–Kier alpha value is -1.94. The van der Waals surface area contributed by atoms with Crippen molar-refractivity contribution in [2.24, 2.45) is 5.11 Å². The number of azide groups is 1. The Morgan fingerprint density at radius 3 is 2.43 bits per heavy atom. The van der Waals surface area contributed by atoms with Crippen molar-refractivity contribution in [3.63, 3.8) is 0 Å². The van der Waals surface area contributed by atoms with E-state index in [0.717, 1.165) is 19.3 Å². The lowest BCUT2D eigenvalue weighted by molar-refractivity contribution is -0.137. The summed E-state index contributed by atoms with van der Waals surface area (Å²) >= 11 is 3.39. The lowest BCUT2D eigenvalue weighted by atomic mass is 9.98. The van der Waals surface area contributed by atoms with Gasteiger partial charge in [0.05, 0.1) is 10.9 Å². The van der Waals surface area contributed by atoms with E-state index < -0.39 is 46.3 Å². The minimum atomic E-state index is -1.51. The minimum Gasteiger partial charge on any atom is -0.383 e. The third-order valence-electron chi connectivity index (χ3n) is 6.52. The molecule has 1 aliphatic rings. The number of aromatic nitrogens is 2. The number of ether oxygens (including phenoxy) is 1. The van der Waals surface area contributed by atoms with Crippen molar-refractivity contribution >= 4 is 21.7 Å². The molecular weight excluding hydrogens is 518 g/mol. The fourth-order valence-electron chi connectivity index (χ4n) is 4.41. The summed E-state index contributed by atoms with van der Waals surface area (Å²) in [5, 5.41) is 14.4. The number of Topliss-reactive ketones (excluding diaryl/α,β-unsaturated/α-hetero) is 1. The Balaban J connectivity index is 1.85. The van der Waals surface area contributed by atoms with Crippen LogP contribution in [0.15, 0.2) is 20.9 Å². The van der Waals surface area contributed by atoms with Crippen molar-refractivity contribution in [1.82, 2.24) is 9.55 Å². The van der Waals surface area contributed by atoms with Crippen molar-refractivity contribution in [3.8, 4) is 0 Å². The first-order valence-corrected chi connectivity index (χ1v) is 13.6. The Morgan fingerprint density at radius 2 is 1.83 bits per heavy atom. The Bertz CT molecular complexity index is 974. The third kappa shape index (κ3) is 8.90. The number of hydrogen-bond donors (Lipinski definition) is 2. The molecule has 0 saturated carbocycles. The fourth-order valence-corrected chi connectivity index (χ4v) is 5.01. The van der Waals surface area contributed by atoms with Gasteiger partial charge < -0.3 is 9.84 Å². The molecule has 196 valence electrons. The molecule has 1 aromatic rings. The second-order valence-electron chi connectivity index (χ2n) is 9.33. The topological polar surface area (TPSA) is 150 Å². The van der Waals surface area contributed by atoms with E-state index in [1.54, 1.807) is 6.92 Å². The maximum atomic E-state index is 12.9. The summed E-state index contributed by atoms with van der Waals surface area (Å²) in [6.07, 6.45) is 10.5. The van der Waals surface area contributed by atoms with E-state index >= 15 is 0 Å². The van der Waals surface area contributed by atoms with E-state index in [1.807, 2.05) is 0 Å². The van der Waals surface area contributed by atoms with Gasteiger partial charge in [-0.1, -0.05) is 92.2 Å². The van der Waals surface area contributed by atoms with Gasteiger partial charge in [0.1, 0.15) is 18.4 Å². The summed E-state index contributed by atoms with van der Waals surface area (Å²) in [5.41, 5.74) is 8.07. The highest BCUT2D eigenvalue weighted by Gasteiger charge is 2.44. The number of carbonyl (C=O) groups is 1. The predicted molar refractivity (Wildman–Crippen MR) is 138 cm³/mol. The van der Waals surface area contributed by atoms with Crippen LogP contribution in [-0.2, 0) is 9.53 Å². The van der Waals surface area contributed by atoms with Gasteiger partial charge in [-0.3, -0.25) is 19.1 Å². The maximum Gasteiger partial charge on any atom is 0.330 e. The molecule has 2 unspecified atom stereocenters. The molecule has 2 heterocycles. The Labute approximate surface area is 214 Å². The number of aliphatic hydroxyl groups excluding tert-OH is 1. The molecule has 11 heteroatoms. The highest BCUT2D eigenvalue weighted by atomic mass is 79.9. The number of carbonyl (C=O) groups excluding carboxylic acids is 1. The van der Waals surface area contributed by atoms with Crippen LogP contribution < -0.4 is 11.2 Å². The monoisotopic (exact) mass is 555 g/mol. The smallest absolute Gasteiger partial charge is 0.330 e. The number of aromatic amines is 1. The van der Waals surface area contributed by atoms with Crippen LogP contribution in [0, 0.1) is 6.92 Å². The van der Waals surface area contributed by atoms with Gasteiger partial charge in [0.15, 0.2) is 5.78 Å². The van der Waals surface area contributed by atoms with Crippen molar-refractivity contribution < 1.29 is 14.6 Å². The number of unbranched alkanes of at least 4 members (excludes halogenated alkanes) is 9. The van der Waals surface area contributed by atoms with Gasteiger partial charge in [-0.25, -0.2) is 4.79 Å². The van der Waals surface area contributed by atoms with Crippen LogP contribution >= 0.6 is 15.9 Å². The standard InChI is InChI=1S/C24H38BrN5O5/c1-3-4-5-6-7-8-9-10-11-12-13-17(25)20(31)21(32)22-18(28-29-26)14-19(35-22)30-15-16(2)23(33)27-24(30)34/h15,17-19,21-22,32H,3-14H2,1-2H3,(H,27,33,34)/t17?,18-,19+,21?,22-/m0/s1. The molecule has 0 aromatic carbocycles. The molecule has 0 aliphatic carbocycles. The zero-order valence-electron chi connectivity index (χ0n) is 20.7. The number of halogens is 1. The number of aryl methyl sites for hydroxylation is 1. The highest BCUT2D eigenvalue weighted by Crippen LogP contribution is 2.33. The second-order valence-corrected chi connectivity index (χ2v) is 10.4. The number of alkyl halides is 1. The lowest BCUT2D eigenvalue weighted by Crippen LogP contribution is -2.43. The quantitative estimate of drug-likeness (QED) is 0.0984. The van der Waals surface area contributed by atoms with Crippen LogP contribution in [0.2, 0.25) is 0 Å². The summed E-state index contributed by atoms with van der Waals surface area (Å²) in [6.45, 7) is 3.77. The van der Waals surface area contributed by atoms with Gasteiger partial charge in [0, 0.05) is 23.1 Å². The van der Waals surface area contributed by atoms with E-state index in [4.69, 9.17) is 10.3 Å². The summed E-state index contributed by atoms with van der Waals surface area (Å²) in [6, 6.07) is -0.833. The molecule has 1 saturated heterocycles. The van der Waals surface area contributed by atoms with E-state index in [-0.39, 0.29) is 6.42 Å². The largest absolute Gasteiger partial charge is 0.383 e. The first-order valence-electron chi connectivity index (χ1n) is 12.7. The van der Waals surface area contributed by atoms with Crippen LogP contribution in [0.5, 0.6) is 0 Å². The second kappa shape index (κ2) is 15.2. The minimum absolute atomic E-state index is 0.0931. The van der Waals surface area contributed by atoms with E-state index in [2.05, 4.69) is 37.9 Å². The van der Waals surface area contributed by atoms with Crippen LogP contribution in [-0.4, -0.2) is 43.5 Å². The van der Waals surface area contributed by atoms with Crippen molar-refractivity contribution in [3.05, 3.63) is 43.0 Å². The fraction of sp³-hybridized carbons (Fsp3) is 0.792. The zero-order chi connectivity index (χ0) is 25.8. The number of ketones is 1. The number of H-pyrrole nitrogens is 1. The Morgan fingerprint density at radius 1 is 1.23 bits per heavy atom. The first-order chi connectivity index (χ1) is 16.8. The zero-order valence-corrected chi connectivity index (χ0v) is 22.3. The van der Waals surface area contributed by atoms with E-state index in [1.165, 1.54) is 55.7 Å². The number of nitrogens with zero attached hydrogens (tertiary/aromatic N) is 4. The molecule has 1 aliphatic heterocycles. The van der Waals surface area contributed by atoms with E-state index in [9.17, 15) is 19.5 Å². The summed E-state index contributed by atoms with van der Waals surface area (Å²) in [4.78, 5) is 41.2. The summed E-state index contributed by atoms with van der Waals surface area (Å²) in [7, 11) is 0. The molecule has 0 amide bonds. The number of hydrogen-bond acceptors (Lipinski definition) is 6. The highest BCUT2D eigenvalue weighted by molar-refractivity contribution is 9.10. The molecule has 1 aromatic heterocycles. The molecule has 0 radical (unpaired) electrons. The van der Waals surface area contributed by atoms with Gasteiger partial charge >= 0.3 is 5.69 Å². The first kappa shape index (κ1) is 29.3. The van der Waals surface area contributed by atoms with Crippen LogP contribution in [0.3, 0.4) is 0 Å². The van der Waals surface area contributed by atoms with Crippen LogP contribution in [0.4, 0.5) is 0 Å². The average molecular weight is 557 g/mol.